The van der Waals surface area contributed by atoms with Crippen LogP contribution in [-0.4, -0.2) is 36.5 Å². The second-order valence-electron chi connectivity index (χ2n) is 6.68. The number of piperidine rings is 1. The third-order valence-electron chi connectivity index (χ3n) is 4.47. The van der Waals surface area contributed by atoms with Crippen molar-refractivity contribution in [3.63, 3.8) is 0 Å². The molecule has 0 aromatic heterocycles. The zero-order valence-corrected chi connectivity index (χ0v) is 12.2. The second kappa shape index (κ2) is 5.60. The summed E-state index contributed by atoms with van der Waals surface area (Å²) in [6, 6.07) is 0.524. The lowest BCUT2D eigenvalue weighted by Gasteiger charge is -2.31. The maximum atomic E-state index is 12.5. The van der Waals surface area contributed by atoms with Crippen LogP contribution >= 0.6 is 0 Å². The molecular formula is C15H28N2O. The number of amides is 1. The minimum atomic E-state index is 0.253. The predicted octanol–water partition coefficient (Wildman–Crippen LogP) is 2.41. The van der Waals surface area contributed by atoms with Crippen molar-refractivity contribution in [1.82, 2.24) is 10.2 Å². The molecule has 18 heavy (non-hydrogen) atoms. The van der Waals surface area contributed by atoms with Gasteiger partial charge in [0.1, 0.15) is 0 Å². The van der Waals surface area contributed by atoms with E-state index in [2.05, 4.69) is 31.0 Å². The molecule has 1 aliphatic carbocycles. The maximum Gasteiger partial charge on any atom is 0.226 e. The van der Waals surface area contributed by atoms with Crippen molar-refractivity contribution in [3.05, 3.63) is 0 Å². The number of hydrogen-bond donors (Lipinski definition) is 1. The fourth-order valence-electron chi connectivity index (χ4n) is 3.02. The SMILES string of the molecule is CCCN(CC1CCCCN1)C(=O)C1CC1(C)C. The number of hydrogen-bond acceptors (Lipinski definition) is 2. The molecular weight excluding hydrogens is 224 g/mol. The Bertz CT molecular complexity index is 295. The van der Waals surface area contributed by atoms with Crippen molar-refractivity contribution in [2.45, 2.75) is 58.9 Å². The fraction of sp³-hybridized carbons (Fsp3) is 0.933. The molecule has 2 unspecified atom stereocenters. The Hall–Kier alpha value is -0.570. The molecule has 104 valence electrons. The average molecular weight is 252 g/mol. The highest BCUT2D eigenvalue weighted by molar-refractivity contribution is 5.82. The van der Waals surface area contributed by atoms with Gasteiger partial charge in [0.15, 0.2) is 0 Å². The summed E-state index contributed by atoms with van der Waals surface area (Å²) in [6.45, 7) is 9.53. The first-order valence-corrected chi connectivity index (χ1v) is 7.57. The molecule has 0 bridgehead atoms. The number of nitrogens with one attached hydrogen (secondary N) is 1. The Morgan fingerprint density at radius 3 is 2.61 bits per heavy atom. The van der Waals surface area contributed by atoms with E-state index in [1.807, 2.05) is 0 Å². The Morgan fingerprint density at radius 2 is 2.11 bits per heavy atom. The molecule has 2 atom stereocenters. The van der Waals surface area contributed by atoms with E-state index in [1.165, 1.54) is 19.3 Å². The van der Waals surface area contributed by atoms with E-state index >= 15 is 0 Å². The normalized spacial score (nSPS) is 29.9. The van der Waals surface area contributed by atoms with E-state index < -0.39 is 0 Å². The van der Waals surface area contributed by atoms with Gasteiger partial charge in [-0.3, -0.25) is 4.79 Å². The minimum absolute atomic E-state index is 0.253. The molecule has 1 N–H and O–H groups in total. The monoisotopic (exact) mass is 252 g/mol. The van der Waals surface area contributed by atoms with Crippen LogP contribution in [-0.2, 0) is 4.79 Å². The fourth-order valence-corrected chi connectivity index (χ4v) is 3.02. The van der Waals surface area contributed by atoms with Gasteiger partial charge in [0, 0.05) is 25.0 Å². The van der Waals surface area contributed by atoms with Crippen molar-refractivity contribution in [1.29, 1.82) is 0 Å². The van der Waals surface area contributed by atoms with Crippen LogP contribution in [0.2, 0.25) is 0 Å². The van der Waals surface area contributed by atoms with Crippen molar-refractivity contribution in [3.8, 4) is 0 Å². The first kappa shape index (κ1) is 13.9. The van der Waals surface area contributed by atoms with Crippen LogP contribution in [0.3, 0.4) is 0 Å². The van der Waals surface area contributed by atoms with Gasteiger partial charge in [-0.15, -0.1) is 0 Å². The van der Waals surface area contributed by atoms with Gasteiger partial charge < -0.3 is 10.2 Å². The van der Waals surface area contributed by atoms with Crippen LogP contribution in [0.4, 0.5) is 0 Å². The number of carbonyl (C=O) groups is 1. The molecule has 0 aromatic carbocycles. The molecule has 3 nitrogen and oxygen atoms in total. The molecule has 2 aliphatic rings. The summed E-state index contributed by atoms with van der Waals surface area (Å²) in [5.41, 5.74) is 0.253. The molecule has 2 rings (SSSR count). The van der Waals surface area contributed by atoms with Crippen molar-refractivity contribution >= 4 is 5.91 Å². The van der Waals surface area contributed by atoms with Gasteiger partial charge in [0.25, 0.3) is 0 Å². The van der Waals surface area contributed by atoms with Crippen molar-refractivity contribution in [2.24, 2.45) is 11.3 Å². The van der Waals surface area contributed by atoms with Crippen LogP contribution in [0.1, 0.15) is 52.9 Å². The van der Waals surface area contributed by atoms with Gasteiger partial charge >= 0.3 is 0 Å². The van der Waals surface area contributed by atoms with E-state index in [0.29, 0.717) is 11.9 Å². The van der Waals surface area contributed by atoms with Gasteiger partial charge in [0.2, 0.25) is 5.91 Å². The zero-order chi connectivity index (χ0) is 13.2. The van der Waals surface area contributed by atoms with E-state index in [4.69, 9.17) is 0 Å². The van der Waals surface area contributed by atoms with Crippen LogP contribution in [0.15, 0.2) is 0 Å². The lowest BCUT2D eigenvalue weighted by molar-refractivity contribution is -0.133. The summed E-state index contributed by atoms with van der Waals surface area (Å²) < 4.78 is 0. The lowest BCUT2D eigenvalue weighted by atomic mass is 10.0. The topological polar surface area (TPSA) is 32.3 Å². The Kier molecular flexibility index (Phi) is 4.31. The smallest absolute Gasteiger partial charge is 0.226 e. The Balaban J connectivity index is 1.88. The largest absolute Gasteiger partial charge is 0.341 e. The standard InChI is InChI=1S/C15H28N2O/c1-4-9-17(11-12-7-5-6-8-16-12)14(18)13-10-15(13,2)3/h12-13,16H,4-11H2,1-3H3. The number of rotatable bonds is 5. The minimum Gasteiger partial charge on any atom is -0.341 e. The first-order valence-electron chi connectivity index (χ1n) is 7.57. The maximum absolute atomic E-state index is 12.5. The highest BCUT2D eigenvalue weighted by atomic mass is 16.2. The van der Waals surface area contributed by atoms with E-state index in [0.717, 1.165) is 32.5 Å². The highest BCUT2D eigenvalue weighted by Gasteiger charge is 2.51. The van der Waals surface area contributed by atoms with Crippen molar-refractivity contribution < 1.29 is 4.79 Å². The third-order valence-corrected chi connectivity index (χ3v) is 4.47. The summed E-state index contributed by atoms with van der Waals surface area (Å²) >= 11 is 0. The molecule has 1 saturated carbocycles. The van der Waals surface area contributed by atoms with Gasteiger partial charge in [-0.2, -0.15) is 0 Å². The molecule has 1 saturated heterocycles. The summed E-state index contributed by atoms with van der Waals surface area (Å²) in [6.07, 6.45) is 5.95. The van der Waals surface area contributed by atoms with Crippen molar-refractivity contribution in [2.75, 3.05) is 19.6 Å². The number of carbonyl (C=O) groups excluding carboxylic acids is 1. The van der Waals surface area contributed by atoms with Gasteiger partial charge in [-0.1, -0.05) is 27.2 Å². The number of nitrogens with zero attached hydrogens (tertiary/aromatic N) is 1. The van der Waals surface area contributed by atoms with E-state index in [9.17, 15) is 4.79 Å². The van der Waals surface area contributed by atoms with E-state index in [-0.39, 0.29) is 11.3 Å². The van der Waals surface area contributed by atoms with Crippen LogP contribution in [0.25, 0.3) is 0 Å². The van der Waals surface area contributed by atoms with Crippen LogP contribution < -0.4 is 5.32 Å². The van der Waals surface area contributed by atoms with E-state index in [1.54, 1.807) is 0 Å². The van der Waals surface area contributed by atoms with Gasteiger partial charge in [-0.25, -0.2) is 0 Å². The van der Waals surface area contributed by atoms with Gasteiger partial charge in [-0.05, 0) is 37.6 Å². The van der Waals surface area contributed by atoms with Crippen LogP contribution in [0.5, 0.6) is 0 Å². The summed E-state index contributed by atoms with van der Waals surface area (Å²) in [4.78, 5) is 14.6. The Morgan fingerprint density at radius 1 is 1.39 bits per heavy atom. The molecule has 1 heterocycles. The summed E-state index contributed by atoms with van der Waals surface area (Å²) in [5.74, 6) is 0.682. The van der Waals surface area contributed by atoms with Crippen LogP contribution in [0, 0.1) is 11.3 Å². The summed E-state index contributed by atoms with van der Waals surface area (Å²) in [7, 11) is 0. The average Bonchev–Trinajstić information content (AvgIpc) is 2.98. The summed E-state index contributed by atoms with van der Waals surface area (Å²) in [5, 5.41) is 3.55. The second-order valence-corrected chi connectivity index (χ2v) is 6.68. The third kappa shape index (κ3) is 3.25. The zero-order valence-electron chi connectivity index (χ0n) is 12.2. The quantitative estimate of drug-likeness (QED) is 0.815. The molecule has 0 radical (unpaired) electrons. The highest BCUT2D eigenvalue weighted by Crippen LogP contribution is 2.52. The molecule has 0 spiro atoms. The molecule has 3 heteroatoms. The van der Waals surface area contributed by atoms with Gasteiger partial charge in [0.05, 0.1) is 0 Å². The Labute approximate surface area is 111 Å². The molecule has 1 amide bonds. The molecule has 0 aromatic rings. The predicted molar refractivity (Wildman–Crippen MR) is 74.4 cm³/mol. The molecule has 1 aliphatic heterocycles. The lowest BCUT2D eigenvalue weighted by Crippen LogP contribution is -2.46. The molecule has 2 fully saturated rings. The first-order chi connectivity index (χ1) is 8.54.